The quantitative estimate of drug-likeness (QED) is 0.0215. The molecule has 77 heavy (non-hydrogen) atoms. The maximum atomic E-state index is 13.2. The lowest BCUT2D eigenvalue weighted by Gasteiger charge is -2.40. The van der Waals surface area contributed by atoms with E-state index in [4.69, 9.17) is 9.47 Å². The van der Waals surface area contributed by atoms with Crippen LogP contribution in [0.15, 0.2) is 48.6 Å². The predicted molar refractivity (Wildman–Crippen MR) is 321 cm³/mol. The van der Waals surface area contributed by atoms with E-state index in [9.17, 15) is 40.5 Å². The van der Waals surface area contributed by atoms with E-state index < -0.39 is 74.2 Å². The zero-order chi connectivity index (χ0) is 56.1. The van der Waals surface area contributed by atoms with Crippen molar-refractivity contribution < 1.29 is 50.0 Å². The van der Waals surface area contributed by atoms with Crippen LogP contribution in [0, 0.1) is 0 Å². The first-order chi connectivity index (χ1) is 37.7. The number of ether oxygens (including phenoxy) is 2. The first-order valence-electron chi connectivity index (χ1n) is 32.5. The van der Waals surface area contributed by atoms with E-state index in [1.165, 1.54) is 186 Å². The van der Waals surface area contributed by atoms with Gasteiger partial charge in [0.2, 0.25) is 5.91 Å². The summed E-state index contributed by atoms with van der Waals surface area (Å²) in [5.41, 5.74) is 0. The van der Waals surface area contributed by atoms with Gasteiger partial charge < -0.3 is 50.5 Å². The molecule has 1 amide bonds. The van der Waals surface area contributed by atoms with E-state index in [0.29, 0.717) is 19.3 Å². The molecule has 9 unspecified atom stereocenters. The maximum absolute atomic E-state index is 13.2. The average molecular weight is 1090 g/mol. The number of aliphatic hydroxyl groups excluding tert-OH is 7. The molecule has 0 radical (unpaired) electrons. The van der Waals surface area contributed by atoms with E-state index >= 15 is 0 Å². The molecule has 0 aliphatic carbocycles. The molecule has 9 atom stereocenters. The van der Waals surface area contributed by atoms with Gasteiger partial charge >= 0.3 is 0 Å². The molecule has 0 spiro atoms. The van der Waals surface area contributed by atoms with Crippen LogP contribution < -0.4 is 5.32 Å². The molecular formula is C66H123NO10. The molecule has 11 nitrogen and oxygen atoms in total. The summed E-state index contributed by atoms with van der Waals surface area (Å²) in [4.78, 5) is 13.2. The van der Waals surface area contributed by atoms with Crippen molar-refractivity contribution in [3.63, 3.8) is 0 Å². The molecule has 1 rings (SSSR count). The van der Waals surface area contributed by atoms with Crippen LogP contribution in [0.2, 0.25) is 0 Å². The Morgan fingerprint density at radius 3 is 1.16 bits per heavy atom. The van der Waals surface area contributed by atoms with Crippen LogP contribution in [0.1, 0.15) is 296 Å². The molecule has 8 N–H and O–H groups in total. The van der Waals surface area contributed by atoms with Crippen molar-refractivity contribution in [2.45, 2.75) is 351 Å². The number of unbranched alkanes of at least 4 members (excludes halogenated alkanes) is 36. The lowest BCUT2D eigenvalue weighted by molar-refractivity contribution is -0.303. The summed E-state index contributed by atoms with van der Waals surface area (Å²) < 4.78 is 11.1. The smallest absolute Gasteiger partial charge is 0.249 e. The normalized spacial score (nSPS) is 19.8. The van der Waals surface area contributed by atoms with Crippen LogP contribution in [0.5, 0.6) is 0 Å². The highest BCUT2D eigenvalue weighted by atomic mass is 16.7. The number of allylic oxidation sites excluding steroid dienone is 8. The third-order valence-corrected chi connectivity index (χ3v) is 15.6. The molecule has 0 aromatic carbocycles. The lowest BCUT2D eigenvalue weighted by Crippen LogP contribution is -2.60. The minimum atomic E-state index is -1.68. The van der Waals surface area contributed by atoms with Gasteiger partial charge in [-0.3, -0.25) is 4.79 Å². The Kier molecular flexibility index (Phi) is 51.9. The van der Waals surface area contributed by atoms with Gasteiger partial charge in [-0.1, -0.05) is 255 Å². The van der Waals surface area contributed by atoms with E-state index in [1.807, 2.05) is 0 Å². The van der Waals surface area contributed by atoms with Crippen LogP contribution in [0.4, 0.5) is 0 Å². The largest absolute Gasteiger partial charge is 0.394 e. The van der Waals surface area contributed by atoms with Crippen LogP contribution in [0.3, 0.4) is 0 Å². The van der Waals surface area contributed by atoms with Gasteiger partial charge in [-0.15, -0.1) is 0 Å². The zero-order valence-corrected chi connectivity index (χ0v) is 49.7. The molecule has 1 fully saturated rings. The lowest BCUT2D eigenvalue weighted by atomic mass is 9.98. The summed E-state index contributed by atoms with van der Waals surface area (Å²) in [6.45, 7) is 3.46. The molecule has 0 saturated carbocycles. The Bertz CT molecular complexity index is 1390. The van der Waals surface area contributed by atoms with Crippen LogP contribution in [-0.4, -0.2) is 110 Å². The van der Waals surface area contributed by atoms with Gasteiger partial charge in [0.05, 0.1) is 25.4 Å². The number of hydrogen-bond donors (Lipinski definition) is 8. The first kappa shape index (κ1) is 73.1. The topological polar surface area (TPSA) is 189 Å². The first-order valence-corrected chi connectivity index (χ1v) is 32.5. The van der Waals surface area contributed by atoms with E-state index in [0.717, 1.165) is 64.2 Å². The second-order valence-corrected chi connectivity index (χ2v) is 22.8. The van der Waals surface area contributed by atoms with Crippen molar-refractivity contribution in [3.8, 4) is 0 Å². The number of amides is 1. The highest BCUT2D eigenvalue weighted by Gasteiger charge is 2.44. The standard InChI is InChI=1S/C66H123NO10/c1-3-5-7-9-11-13-15-17-19-21-23-24-25-26-27-28-29-30-31-32-33-34-36-37-39-41-43-45-47-49-51-53-58(69)61(71)57(56-76-66-64(74)63(73)62(72)60(55-68)77-66)67-65(75)59(70)54-52-50-48-46-44-42-40-38-35-22-20-18-16-14-12-10-8-6-4-2/h32-33,35,37-39,45,47,57-64,66,68-74H,3-31,34,36,40-44,46,48-56H2,1-2H3,(H,67,75)/b33-32+,38-35-,39-37+,47-45+. The molecule has 1 aliphatic heterocycles. The highest BCUT2D eigenvalue weighted by Crippen LogP contribution is 2.23. The number of hydrogen-bond acceptors (Lipinski definition) is 10. The SMILES string of the molecule is CCCCCCCCCCC/C=C\CCCCCCCCC(O)C(=O)NC(COC1OC(CO)C(O)C(O)C1O)C(O)C(O)CCC/C=C/CC/C=C/CC/C=C/CCCCCCCCCCCCCCCCCCCC. The second-order valence-electron chi connectivity index (χ2n) is 22.8. The van der Waals surface area contributed by atoms with Gasteiger partial charge in [0.1, 0.15) is 36.6 Å². The van der Waals surface area contributed by atoms with Crippen molar-refractivity contribution in [2.24, 2.45) is 0 Å². The molecule has 452 valence electrons. The molecule has 11 heteroatoms. The molecule has 0 aromatic heterocycles. The Labute approximate surface area is 472 Å². The summed E-state index contributed by atoms with van der Waals surface area (Å²) in [6.07, 6.45) is 59.0. The van der Waals surface area contributed by atoms with Gasteiger partial charge in [-0.25, -0.2) is 0 Å². The molecule has 1 saturated heterocycles. The summed E-state index contributed by atoms with van der Waals surface area (Å²) in [6, 6.07) is -1.20. The third-order valence-electron chi connectivity index (χ3n) is 15.6. The molecule has 0 aromatic rings. The zero-order valence-electron chi connectivity index (χ0n) is 49.7. The van der Waals surface area contributed by atoms with Gasteiger partial charge in [-0.2, -0.15) is 0 Å². The number of carbonyl (C=O) groups excluding carboxylic acids is 1. The van der Waals surface area contributed by atoms with Crippen LogP contribution in [-0.2, 0) is 14.3 Å². The molecule has 1 heterocycles. The highest BCUT2D eigenvalue weighted by molar-refractivity contribution is 5.80. The number of carbonyl (C=O) groups is 1. The minimum Gasteiger partial charge on any atom is -0.394 e. The molecular weight excluding hydrogens is 967 g/mol. The summed E-state index contributed by atoms with van der Waals surface area (Å²) in [7, 11) is 0. The van der Waals surface area contributed by atoms with Crippen molar-refractivity contribution >= 4 is 5.91 Å². The average Bonchev–Trinajstić information content (AvgIpc) is 3.43. The van der Waals surface area contributed by atoms with Crippen LogP contribution >= 0.6 is 0 Å². The van der Waals surface area contributed by atoms with Crippen molar-refractivity contribution in [2.75, 3.05) is 13.2 Å². The fourth-order valence-corrected chi connectivity index (χ4v) is 10.3. The van der Waals surface area contributed by atoms with Crippen molar-refractivity contribution in [3.05, 3.63) is 48.6 Å². The fraction of sp³-hybridized carbons (Fsp3) is 0.864. The number of aliphatic hydroxyl groups is 7. The van der Waals surface area contributed by atoms with Gasteiger partial charge in [-0.05, 0) is 89.9 Å². The van der Waals surface area contributed by atoms with Gasteiger partial charge in [0.25, 0.3) is 0 Å². The monoisotopic (exact) mass is 1090 g/mol. The Hall–Kier alpha value is -1.93. The Morgan fingerprint density at radius 1 is 0.442 bits per heavy atom. The molecule has 1 aliphatic rings. The number of rotatable bonds is 56. The Morgan fingerprint density at radius 2 is 0.779 bits per heavy atom. The number of nitrogens with one attached hydrogen (secondary N) is 1. The summed E-state index contributed by atoms with van der Waals surface area (Å²) in [5, 5.41) is 76.3. The van der Waals surface area contributed by atoms with Crippen molar-refractivity contribution in [1.82, 2.24) is 5.32 Å². The van der Waals surface area contributed by atoms with E-state index in [-0.39, 0.29) is 12.8 Å². The van der Waals surface area contributed by atoms with E-state index in [1.54, 1.807) is 0 Å². The van der Waals surface area contributed by atoms with Gasteiger partial charge in [0.15, 0.2) is 6.29 Å². The van der Waals surface area contributed by atoms with Gasteiger partial charge in [0, 0.05) is 0 Å². The minimum absolute atomic E-state index is 0.239. The van der Waals surface area contributed by atoms with Crippen LogP contribution in [0.25, 0.3) is 0 Å². The van der Waals surface area contributed by atoms with E-state index in [2.05, 4.69) is 67.8 Å². The summed E-state index contributed by atoms with van der Waals surface area (Å²) >= 11 is 0. The second kappa shape index (κ2) is 54.6. The molecule has 0 bridgehead atoms. The van der Waals surface area contributed by atoms with Crippen molar-refractivity contribution in [1.29, 1.82) is 0 Å². The third kappa shape index (κ3) is 42.6. The fourth-order valence-electron chi connectivity index (χ4n) is 10.3. The predicted octanol–water partition coefficient (Wildman–Crippen LogP) is 14.8. The summed E-state index contributed by atoms with van der Waals surface area (Å²) in [5.74, 6) is -0.715. The maximum Gasteiger partial charge on any atom is 0.249 e. The Balaban J connectivity index is 2.28.